The smallest absolute Gasteiger partial charge is 0.317 e. The van der Waals surface area contributed by atoms with Crippen molar-refractivity contribution in [1.29, 1.82) is 0 Å². The molecule has 1 aliphatic carbocycles. The zero-order valence-corrected chi connectivity index (χ0v) is 22.1. The number of morpholine rings is 2. The van der Waals surface area contributed by atoms with Crippen molar-refractivity contribution >= 4 is 29.0 Å². The minimum absolute atomic E-state index is 0.0423. The molecule has 2 aromatic heterocycles. The highest BCUT2D eigenvalue weighted by atomic mass is 19.3. The predicted octanol–water partition coefficient (Wildman–Crippen LogP) is 2.75. The number of alkyl halides is 2. The van der Waals surface area contributed by atoms with Gasteiger partial charge in [-0.15, -0.1) is 0 Å². The molecular formula is C26H33F2N9O3. The van der Waals surface area contributed by atoms with Crippen LogP contribution in [0.1, 0.15) is 37.9 Å². The maximum absolute atomic E-state index is 14.1. The van der Waals surface area contributed by atoms with Crippen LogP contribution in [0, 0.1) is 0 Å². The number of nitrogens with zero attached hydrogens (tertiary/aromatic N) is 7. The van der Waals surface area contributed by atoms with Crippen LogP contribution in [0.25, 0.3) is 17.0 Å². The standard InChI is InChI=1S/C26H33F2N9O3/c27-21(28)22-31-19-3-1-2-4-20(19)37(22)25-33-23(32-24(34-25)35-9-13-39-14-10-35)29-17-5-7-18(8-6-17)30-26(38)36-11-15-40-16-12-36/h1-4,17-18,21H,5-16H2,(H,30,38)(H,29,32,33,34). The summed E-state index contributed by atoms with van der Waals surface area (Å²) in [5.74, 6) is 0.405. The molecule has 2 aliphatic heterocycles. The van der Waals surface area contributed by atoms with Crippen molar-refractivity contribution in [2.45, 2.75) is 44.2 Å². The summed E-state index contributed by atoms with van der Waals surface area (Å²) in [5.41, 5.74) is 0.942. The van der Waals surface area contributed by atoms with Gasteiger partial charge in [0.15, 0.2) is 5.82 Å². The number of aromatic nitrogens is 5. The number of para-hydroxylation sites is 2. The van der Waals surface area contributed by atoms with Gasteiger partial charge >= 0.3 is 6.03 Å². The van der Waals surface area contributed by atoms with Gasteiger partial charge in [-0.3, -0.25) is 4.57 Å². The monoisotopic (exact) mass is 557 g/mol. The van der Waals surface area contributed by atoms with Crippen LogP contribution in [-0.4, -0.2) is 100 Å². The SMILES string of the molecule is O=C(NC1CCC(Nc2nc(N3CCOCC3)nc(-n3c(C(F)F)nc4ccccc43)n2)CC1)N1CCOCC1. The van der Waals surface area contributed by atoms with E-state index in [9.17, 15) is 13.6 Å². The van der Waals surface area contributed by atoms with E-state index in [2.05, 4.69) is 30.6 Å². The molecule has 40 heavy (non-hydrogen) atoms. The van der Waals surface area contributed by atoms with E-state index in [-0.39, 0.29) is 24.1 Å². The average molecular weight is 558 g/mol. The number of imidazole rings is 1. The van der Waals surface area contributed by atoms with Gasteiger partial charge in [-0.05, 0) is 37.8 Å². The van der Waals surface area contributed by atoms with Gasteiger partial charge in [0.2, 0.25) is 17.8 Å². The van der Waals surface area contributed by atoms with Crippen LogP contribution in [0.4, 0.5) is 25.5 Å². The molecule has 0 spiro atoms. The molecule has 6 rings (SSSR count). The Morgan fingerprint density at radius 3 is 2.23 bits per heavy atom. The molecule has 1 saturated carbocycles. The molecule has 3 aromatic rings. The van der Waals surface area contributed by atoms with Gasteiger partial charge in [0, 0.05) is 38.3 Å². The lowest BCUT2D eigenvalue weighted by atomic mass is 9.91. The van der Waals surface area contributed by atoms with Crippen molar-refractivity contribution in [3.8, 4) is 5.95 Å². The second-order valence-electron chi connectivity index (χ2n) is 10.2. The van der Waals surface area contributed by atoms with Crippen molar-refractivity contribution in [3.05, 3.63) is 30.1 Å². The summed E-state index contributed by atoms with van der Waals surface area (Å²) in [6, 6.07) is 7.07. The second-order valence-corrected chi connectivity index (χ2v) is 10.2. The Morgan fingerprint density at radius 2 is 1.50 bits per heavy atom. The number of nitrogens with one attached hydrogen (secondary N) is 2. The number of benzene rings is 1. The molecule has 2 saturated heterocycles. The highest BCUT2D eigenvalue weighted by Crippen LogP contribution is 2.28. The van der Waals surface area contributed by atoms with Crippen molar-refractivity contribution in [2.24, 2.45) is 0 Å². The molecule has 0 atom stereocenters. The Kier molecular flexibility index (Phi) is 7.86. The van der Waals surface area contributed by atoms with Gasteiger partial charge in [-0.2, -0.15) is 15.0 Å². The summed E-state index contributed by atoms with van der Waals surface area (Å²) in [5, 5.41) is 6.56. The number of anilines is 2. The third-order valence-electron chi connectivity index (χ3n) is 7.57. The van der Waals surface area contributed by atoms with Crippen molar-refractivity contribution in [2.75, 3.05) is 62.8 Å². The maximum atomic E-state index is 14.1. The van der Waals surface area contributed by atoms with Crippen LogP contribution in [-0.2, 0) is 9.47 Å². The van der Waals surface area contributed by atoms with Gasteiger partial charge in [0.05, 0.1) is 37.5 Å². The fraction of sp³-hybridized carbons (Fsp3) is 0.577. The first-order valence-electron chi connectivity index (χ1n) is 13.8. The zero-order chi connectivity index (χ0) is 27.5. The lowest BCUT2D eigenvalue weighted by Gasteiger charge is -2.33. The first-order valence-corrected chi connectivity index (χ1v) is 13.8. The Labute approximate surface area is 230 Å². The van der Waals surface area contributed by atoms with Crippen molar-refractivity contribution in [3.63, 3.8) is 0 Å². The molecule has 0 unspecified atom stereocenters. The third-order valence-corrected chi connectivity index (χ3v) is 7.57. The van der Waals surface area contributed by atoms with Crippen LogP contribution in [0.5, 0.6) is 0 Å². The number of rotatable bonds is 6. The van der Waals surface area contributed by atoms with E-state index in [1.54, 1.807) is 29.2 Å². The fourth-order valence-corrected chi connectivity index (χ4v) is 5.42. The number of fused-ring (bicyclic) bond motifs is 1. The Morgan fingerprint density at radius 1 is 0.850 bits per heavy atom. The van der Waals surface area contributed by atoms with Crippen LogP contribution < -0.4 is 15.5 Å². The maximum Gasteiger partial charge on any atom is 0.317 e. The normalized spacial score (nSPS) is 22.1. The number of hydrogen-bond acceptors (Lipinski definition) is 9. The van der Waals surface area contributed by atoms with E-state index in [1.165, 1.54) is 4.57 Å². The molecule has 0 bridgehead atoms. The largest absolute Gasteiger partial charge is 0.378 e. The summed E-state index contributed by atoms with van der Waals surface area (Å²) in [6.07, 6.45) is 0.416. The number of ether oxygens (including phenoxy) is 2. The molecule has 14 heteroatoms. The van der Waals surface area contributed by atoms with Crippen LogP contribution in [0.15, 0.2) is 24.3 Å². The summed E-state index contributed by atoms with van der Waals surface area (Å²) in [4.78, 5) is 34.4. The lowest BCUT2D eigenvalue weighted by molar-refractivity contribution is 0.0521. The quantitative estimate of drug-likeness (QED) is 0.471. The van der Waals surface area contributed by atoms with E-state index in [4.69, 9.17) is 9.47 Å². The van der Waals surface area contributed by atoms with E-state index < -0.39 is 12.2 Å². The van der Waals surface area contributed by atoms with Crippen molar-refractivity contribution in [1.82, 2.24) is 34.7 Å². The molecule has 1 aromatic carbocycles. The molecular weight excluding hydrogens is 524 g/mol. The number of carbonyl (C=O) groups excluding carboxylic acids is 1. The number of amides is 2. The third kappa shape index (κ3) is 5.77. The molecule has 0 radical (unpaired) electrons. The fourth-order valence-electron chi connectivity index (χ4n) is 5.42. The predicted molar refractivity (Wildman–Crippen MR) is 143 cm³/mol. The molecule has 3 fully saturated rings. The molecule has 3 aliphatic rings. The number of urea groups is 1. The van der Waals surface area contributed by atoms with Crippen LogP contribution >= 0.6 is 0 Å². The summed E-state index contributed by atoms with van der Waals surface area (Å²) >= 11 is 0. The lowest BCUT2D eigenvalue weighted by Crippen LogP contribution is -2.50. The first-order chi connectivity index (χ1) is 19.5. The molecule has 12 nitrogen and oxygen atoms in total. The topological polar surface area (TPSA) is 123 Å². The van der Waals surface area contributed by atoms with Gasteiger partial charge in [-0.1, -0.05) is 12.1 Å². The molecule has 2 amide bonds. The summed E-state index contributed by atoms with van der Waals surface area (Å²) in [6.45, 7) is 4.58. The Bertz CT molecular complexity index is 1320. The number of carbonyl (C=O) groups is 1. The molecule has 4 heterocycles. The van der Waals surface area contributed by atoms with Gasteiger partial charge in [0.25, 0.3) is 6.43 Å². The Balaban J connectivity index is 1.22. The highest BCUT2D eigenvalue weighted by molar-refractivity contribution is 5.77. The van der Waals surface area contributed by atoms with Crippen LogP contribution in [0.3, 0.4) is 0 Å². The first kappa shape index (κ1) is 26.6. The van der Waals surface area contributed by atoms with E-state index >= 15 is 0 Å². The van der Waals surface area contributed by atoms with E-state index in [0.717, 1.165) is 25.7 Å². The van der Waals surface area contributed by atoms with Gasteiger partial charge in [-0.25, -0.2) is 18.6 Å². The molecule has 2 N–H and O–H groups in total. The van der Waals surface area contributed by atoms with E-state index in [0.29, 0.717) is 75.5 Å². The highest BCUT2D eigenvalue weighted by Gasteiger charge is 2.28. The molecule has 214 valence electrons. The van der Waals surface area contributed by atoms with Gasteiger partial charge in [0.1, 0.15) is 0 Å². The summed E-state index contributed by atoms with van der Waals surface area (Å²) < 4.78 is 40.3. The Hall–Kier alpha value is -3.65. The summed E-state index contributed by atoms with van der Waals surface area (Å²) in [7, 11) is 0. The van der Waals surface area contributed by atoms with E-state index in [1.807, 2.05) is 4.90 Å². The zero-order valence-electron chi connectivity index (χ0n) is 22.1. The number of halogens is 2. The second kappa shape index (κ2) is 11.8. The van der Waals surface area contributed by atoms with Gasteiger partial charge < -0.3 is 29.9 Å². The minimum atomic E-state index is -2.81. The number of hydrogen-bond donors (Lipinski definition) is 2. The minimum Gasteiger partial charge on any atom is -0.378 e. The average Bonchev–Trinajstić information content (AvgIpc) is 3.39. The van der Waals surface area contributed by atoms with Crippen molar-refractivity contribution < 1.29 is 23.0 Å². The van der Waals surface area contributed by atoms with Crippen LogP contribution in [0.2, 0.25) is 0 Å².